The predicted octanol–water partition coefficient (Wildman–Crippen LogP) is 2.68. The molecule has 2 unspecified atom stereocenters. The molecule has 1 fully saturated rings. The third kappa shape index (κ3) is 3.86. The molecule has 0 heterocycles. The molecule has 1 aliphatic rings. The van der Waals surface area contributed by atoms with Crippen LogP contribution in [-0.4, -0.2) is 35.6 Å². The molecule has 0 radical (unpaired) electrons. The van der Waals surface area contributed by atoms with Gasteiger partial charge in [0.15, 0.2) is 0 Å². The van der Waals surface area contributed by atoms with Gasteiger partial charge in [0.25, 0.3) is 5.91 Å². The van der Waals surface area contributed by atoms with E-state index in [2.05, 4.69) is 18.8 Å². The summed E-state index contributed by atoms with van der Waals surface area (Å²) >= 11 is 0. The van der Waals surface area contributed by atoms with Crippen molar-refractivity contribution < 1.29 is 9.90 Å². The largest absolute Gasteiger partial charge is 0.384 e. The zero-order valence-corrected chi connectivity index (χ0v) is 12.8. The summed E-state index contributed by atoms with van der Waals surface area (Å²) in [5.74, 6) is 6.09. The Morgan fingerprint density at radius 2 is 1.95 bits per heavy atom. The maximum absolute atomic E-state index is 12.6. The van der Waals surface area contributed by atoms with E-state index >= 15 is 0 Å². The molecular formula is C18H23NO2. The minimum absolute atomic E-state index is 0.0791. The van der Waals surface area contributed by atoms with Gasteiger partial charge in [-0.2, -0.15) is 0 Å². The Kier molecular flexibility index (Phi) is 5.41. The van der Waals surface area contributed by atoms with Crippen molar-refractivity contribution in [2.45, 2.75) is 38.6 Å². The van der Waals surface area contributed by atoms with Crippen molar-refractivity contribution in [2.24, 2.45) is 5.92 Å². The lowest BCUT2D eigenvalue weighted by Gasteiger charge is -2.36. The fraction of sp³-hybridized carbons (Fsp3) is 0.500. The molecule has 3 nitrogen and oxygen atoms in total. The van der Waals surface area contributed by atoms with Crippen LogP contribution in [0, 0.1) is 17.8 Å². The number of rotatable bonds is 2. The van der Waals surface area contributed by atoms with Crippen molar-refractivity contribution in [3.05, 3.63) is 35.4 Å². The Morgan fingerprint density at radius 1 is 1.29 bits per heavy atom. The lowest BCUT2D eigenvalue weighted by atomic mass is 9.85. The van der Waals surface area contributed by atoms with E-state index in [1.807, 2.05) is 36.2 Å². The highest BCUT2D eigenvalue weighted by atomic mass is 16.2. The van der Waals surface area contributed by atoms with Crippen LogP contribution >= 0.6 is 0 Å². The van der Waals surface area contributed by atoms with E-state index < -0.39 is 0 Å². The van der Waals surface area contributed by atoms with Gasteiger partial charge >= 0.3 is 0 Å². The molecule has 2 rings (SSSR count). The Bertz CT molecular complexity index is 539. The maximum atomic E-state index is 12.6. The predicted molar refractivity (Wildman–Crippen MR) is 83.9 cm³/mol. The van der Waals surface area contributed by atoms with Crippen molar-refractivity contribution in [3.8, 4) is 11.8 Å². The zero-order chi connectivity index (χ0) is 15.2. The Hall–Kier alpha value is -1.79. The highest BCUT2D eigenvalue weighted by Crippen LogP contribution is 2.28. The highest BCUT2D eigenvalue weighted by molar-refractivity contribution is 5.94. The molecule has 0 bridgehead atoms. The molecule has 1 aromatic rings. The maximum Gasteiger partial charge on any atom is 0.253 e. The van der Waals surface area contributed by atoms with Crippen LogP contribution in [0.25, 0.3) is 0 Å². The summed E-state index contributed by atoms with van der Waals surface area (Å²) in [6, 6.07) is 7.63. The van der Waals surface area contributed by atoms with Crippen LogP contribution in [0.3, 0.4) is 0 Å². The molecule has 2 atom stereocenters. The molecule has 1 amide bonds. The molecule has 0 aliphatic heterocycles. The average molecular weight is 285 g/mol. The van der Waals surface area contributed by atoms with Crippen molar-refractivity contribution in [2.75, 3.05) is 13.7 Å². The molecule has 1 N–H and O–H groups in total. The van der Waals surface area contributed by atoms with E-state index in [0.29, 0.717) is 17.5 Å². The van der Waals surface area contributed by atoms with E-state index in [0.717, 1.165) is 12.0 Å². The van der Waals surface area contributed by atoms with Gasteiger partial charge in [0.2, 0.25) is 0 Å². The van der Waals surface area contributed by atoms with E-state index in [1.54, 1.807) is 0 Å². The second-order valence-corrected chi connectivity index (χ2v) is 5.78. The number of amides is 1. The van der Waals surface area contributed by atoms with Crippen LogP contribution in [0.5, 0.6) is 0 Å². The van der Waals surface area contributed by atoms with Crippen LogP contribution in [-0.2, 0) is 0 Å². The number of hydrogen-bond acceptors (Lipinski definition) is 2. The molecule has 112 valence electrons. The van der Waals surface area contributed by atoms with Gasteiger partial charge in [0, 0.05) is 24.2 Å². The van der Waals surface area contributed by atoms with E-state index in [9.17, 15) is 4.79 Å². The molecule has 0 spiro atoms. The molecule has 1 aliphatic carbocycles. The van der Waals surface area contributed by atoms with Gasteiger partial charge < -0.3 is 10.0 Å². The third-order valence-electron chi connectivity index (χ3n) is 4.33. The highest BCUT2D eigenvalue weighted by Gasteiger charge is 2.28. The first kappa shape index (κ1) is 15.6. The lowest BCUT2D eigenvalue weighted by Crippen LogP contribution is -2.42. The van der Waals surface area contributed by atoms with Gasteiger partial charge in [0.05, 0.1) is 0 Å². The standard InChI is InChI=1S/C18H23NO2/c1-14-6-3-4-8-17(14)19(2)18(21)16-11-9-15(10-12-16)7-5-13-20/h9-12,14,17,20H,3-4,6,8,13H2,1-2H3. The molecule has 0 saturated heterocycles. The molecule has 3 heteroatoms. The van der Waals surface area contributed by atoms with Gasteiger partial charge in [-0.15, -0.1) is 0 Å². The number of hydrogen-bond donors (Lipinski definition) is 1. The van der Waals surface area contributed by atoms with Gasteiger partial charge in [-0.3, -0.25) is 4.79 Å². The lowest BCUT2D eigenvalue weighted by molar-refractivity contribution is 0.0629. The van der Waals surface area contributed by atoms with Gasteiger partial charge in [-0.05, 0) is 43.0 Å². The minimum atomic E-state index is -0.150. The van der Waals surface area contributed by atoms with Crippen LogP contribution < -0.4 is 0 Å². The third-order valence-corrected chi connectivity index (χ3v) is 4.33. The average Bonchev–Trinajstić information content (AvgIpc) is 2.52. The number of nitrogens with zero attached hydrogens (tertiary/aromatic N) is 1. The van der Waals surface area contributed by atoms with Gasteiger partial charge in [0.1, 0.15) is 6.61 Å². The Morgan fingerprint density at radius 3 is 2.57 bits per heavy atom. The SMILES string of the molecule is CC1CCCCC1N(C)C(=O)c1ccc(C#CCO)cc1. The topological polar surface area (TPSA) is 40.5 Å². The summed E-state index contributed by atoms with van der Waals surface area (Å²) in [7, 11) is 1.91. The van der Waals surface area contributed by atoms with Crippen molar-refractivity contribution in [3.63, 3.8) is 0 Å². The van der Waals surface area contributed by atoms with Crippen molar-refractivity contribution in [1.29, 1.82) is 0 Å². The normalized spacial score (nSPS) is 21.3. The zero-order valence-electron chi connectivity index (χ0n) is 12.8. The number of carbonyl (C=O) groups is 1. The summed E-state index contributed by atoms with van der Waals surface area (Å²) in [6.07, 6.45) is 4.79. The summed E-state index contributed by atoms with van der Waals surface area (Å²) in [5, 5.41) is 8.68. The first-order valence-electron chi connectivity index (χ1n) is 7.60. The van der Waals surface area contributed by atoms with Crippen molar-refractivity contribution >= 4 is 5.91 Å². The molecule has 0 aromatic heterocycles. The second kappa shape index (κ2) is 7.28. The smallest absolute Gasteiger partial charge is 0.253 e. The summed E-state index contributed by atoms with van der Waals surface area (Å²) < 4.78 is 0. The first-order valence-corrected chi connectivity index (χ1v) is 7.60. The van der Waals surface area contributed by atoms with Crippen LogP contribution in [0.1, 0.15) is 48.5 Å². The number of carbonyl (C=O) groups excluding carboxylic acids is 1. The second-order valence-electron chi connectivity index (χ2n) is 5.78. The monoisotopic (exact) mass is 285 g/mol. The molecule has 1 aromatic carbocycles. The number of aliphatic hydroxyl groups excluding tert-OH is 1. The fourth-order valence-corrected chi connectivity index (χ4v) is 3.06. The van der Waals surface area contributed by atoms with Crippen LogP contribution in [0.4, 0.5) is 0 Å². The number of aliphatic hydroxyl groups is 1. The fourth-order valence-electron chi connectivity index (χ4n) is 3.06. The van der Waals surface area contributed by atoms with Crippen LogP contribution in [0.15, 0.2) is 24.3 Å². The molecular weight excluding hydrogens is 262 g/mol. The van der Waals surface area contributed by atoms with Gasteiger partial charge in [-0.25, -0.2) is 0 Å². The summed E-state index contributed by atoms with van der Waals surface area (Å²) in [5.41, 5.74) is 1.51. The Labute approximate surface area is 127 Å². The minimum Gasteiger partial charge on any atom is -0.384 e. The number of benzene rings is 1. The van der Waals surface area contributed by atoms with E-state index in [4.69, 9.17) is 5.11 Å². The van der Waals surface area contributed by atoms with E-state index in [-0.39, 0.29) is 12.5 Å². The van der Waals surface area contributed by atoms with Gasteiger partial charge in [-0.1, -0.05) is 31.6 Å². The summed E-state index contributed by atoms with van der Waals surface area (Å²) in [6.45, 7) is 2.09. The quantitative estimate of drug-likeness (QED) is 0.849. The Balaban J connectivity index is 2.08. The molecule has 1 saturated carbocycles. The first-order chi connectivity index (χ1) is 10.1. The van der Waals surface area contributed by atoms with Crippen molar-refractivity contribution in [1.82, 2.24) is 4.90 Å². The van der Waals surface area contributed by atoms with E-state index in [1.165, 1.54) is 19.3 Å². The van der Waals surface area contributed by atoms with Crippen LogP contribution in [0.2, 0.25) is 0 Å². The molecule has 21 heavy (non-hydrogen) atoms. The summed E-state index contributed by atoms with van der Waals surface area (Å²) in [4.78, 5) is 14.5.